The molecular weight excluding hydrogens is 653 g/mol. The number of hydrogen-bond acceptors (Lipinski definition) is 8. The molecule has 2 bridgehead atoms. The molecule has 2 heterocycles. The van der Waals surface area contributed by atoms with Crippen LogP contribution in [0.1, 0.15) is 76.5 Å². The lowest BCUT2D eigenvalue weighted by Gasteiger charge is -2.65. The lowest BCUT2D eigenvalue weighted by atomic mass is 9.48. The van der Waals surface area contributed by atoms with Crippen molar-refractivity contribution in [1.82, 2.24) is 9.80 Å². The molecule has 2 aromatic rings. The number of esters is 2. The molecule has 2 aromatic carbocycles. The van der Waals surface area contributed by atoms with Crippen molar-refractivity contribution in [3.63, 3.8) is 0 Å². The van der Waals surface area contributed by atoms with Crippen molar-refractivity contribution in [2.24, 2.45) is 11.8 Å². The number of carbonyl (C=O) groups is 3. The summed E-state index contributed by atoms with van der Waals surface area (Å²) in [4.78, 5) is 43.8. The van der Waals surface area contributed by atoms with Crippen LogP contribution in [0.4, 0.5) is 13.2 Å². The van der Waals surface area contributed by atoms with E-state index in [1.165, 1.54) is 57.0 Å². The molecule has 3 fully saturated rings. The minimum Gasteiger partial charge on any atom is -0.483 e. The van der Waals surface area contributed by atoms with Gasteiger partial charge < -0.3 is 23.8 Å². The van der Waals surface area contributed by atoms with E-state index in [2.05, 4.69) is 9.64 Å². The fourth-order valence-electron chi connectivity index (χ4n) is 9.29. The van der Waals surface area contributed by atoms with Gasteiger partial charge in [-0.3, -0.25) is 19.3 Å². The van der Waals surface area contributed by atoms with Gasteiger partial charge in [-0.15, -0.1) is 13.2 Å². The molecule has 0 aromatic heterocycles. The minimum absolute atomic E-state index is 0.0731. The first-order valence-corrected chi connectivity index (χ1v) is 17.5. The summed E-state index contributed by atoms with van der Waals surface area (Å²) in [6.45, 7) is 8.90. The fourth-order valence-corrected chi connectivity index (χ4v) is 9.29. The van der Waals surface area contributed by atoms with E-state index >= 15 is 0 Å². The molecule has 9 nitrogen and oxygen atoms in total. The molecule has 7 rings (SSSR count). The second-order valence-electron chi connectivity index (χ2n) is 14.9. The van der Waals surface area contributed by atoms with Crippen molar-refractivity contribution in [2.45, 2.75) is 102 Å². The Bertz CT molecular complexity index is 1720. The molecule has 1 amide bonds. The minimum atomic E-state index is -4.84. The largest absolute Gasteiger partial charge is 0.573 e. The number of amides is 1. The topological polar surface area (TPSA) is 94.6 Å². The highest BCUT2D eigenvalue weighted by Crippen LogP contribution is 2.67. The molecule has 5 atom stereocenters. The zero-order chi connectivity index (χ0) is 35.6. The second kappa shape index (κ2) is 12.6. The molecule has 0 N–H and O–H groups in total. The van der Waals surface area contributed by atoms with E-state index < -0.39 is 35.5 Å². The predicted molar refractivity (Wildman–Crippen MR) is 176 cm³/mol. The molecule has 2 saturated carbocycles. The SMILES string of the molecule is CC(=O)Oc1ccc2c3c1OC1C(N(CC(C)C)C(=O)C=Cc4cccc(OC(F)(F)F)c4)CC[C@@]4(OC(C)=O)[C@@H](C2)N(CC2CC2)CC[C@]314. The maximum atomic E-state index is 14.2. The van der Waals surface area contributed by atoms with Gasteiger partial charge in [-0.2, -0.15) is 0 Å². The number of piperidine rings is 1. The molecule has 268 valence electrons. The Morgan fingerprint density at radius 2 is 1.86 bits per heavy atom. The third-order valence-electron chi connectivity index (χ3n) is 11.0. The van der Waals surface area contributed by atoms with Crippen LogP contribution < -0.4 is 14.2 Å². The van der Waals surface area contributed by atoms with Gasteiger partial charge in [-0.25, -0.2) is 0 Å². The summed E-state index contributed by atoms with van der Waals surface area (Å²) in [7, 11) is 0. The highest BCUT2D eigenvalue weighted by molar-refractivity contribution is 5.92. The van der Waals surface area contributed by atoms with Crippen molar-refractivity contribution in [3.8, 4) is 17.2 Å². The molecule has 2 aliphatic heterocycles. The Balaban J connectivity index is 1.30. The average molecular weight is 697 g/mol. The average Bonchev–Trinajstić information content (AvgIpc) is 3.77. The standard InChI is InChI=1S/C38H43F3N2O7/c1-22(2)20-43(32(46)13-10-25-6-5-7-28(18-25)50-38(39,40)41)29-14-15-37(49-24(4)45)31-19-27-11-12-30(47-23(3)44)34-33(27)36(37,35(29)48-34)16-17-42(31)21-26-8-9-26/h5-7,10-13,18,22,26,29,31,35H,8-9,14-17,19-21H2,1-4H3/t29?,31-,35?,36+,37-/m1/s1. The highest BCUT2D eigenvalue weighted by Gasteiger charge is 2.76. The molecule has 1 saturated heterocycles. The van der Waals surface area contributed by atoms with E-state index in [-0.39, 0.29) is 29.6 Å². The van der Waals surface area contributed by atoms with Gasteiger partial charge in [0.05, 0.1) is 17.5 Å². The number of likely N-dealkylation sites (tertiary alicyclic amines) is 1. The maximum absolute atomic E-state index is 14.2. The summed E-state index contributed by atoms with van der Waals surface area (Å²) in [5, 5.41) is 0. The third kappa shape index (κ3) is 6.03. The van der Waals surface area contributed by atoms with E-state index in [0.717, 1.165) is 24.2 Å². The van der Waals surface area contributed by atoms with Crippen molar-refractivity contribution in [1.29, 1.82) is 0 Å². The molecule has 50 heavy (non-hydrogen) atoms. The summed E-state index contributed by atoms with van der Waals surface area (Å²) < 4.78 is 61.9. The van der Waals surface area contributed by atoms with Gasteiger partial charge in [-0.05, 0) is 92.3 Å². The summed E-state index contributed by atoms with van der Waals surface area (Å²) in [6.07, 6.45) is 2.05. The summed E-state index contributed by atoms with van der Waals surface area (Å²) >= 11 is 0. The Morgan fingerprint density at radius 3 is 2.54 bits per heavy atom. The summed E-state index contributed by atoms with van der Waals surface area (Å²) in [5.74, 6) is -0.0889. The summed E-state index contributed by atoms with van der Waals surface area (Å²) in [6, 6.07) is 8.69. The van der Waals surface area contributed by atoms with E-state index in [9.17, 15) is 27.6 Å². The smallest absolute Gasteiger partial charge is 0.483 e. The van der Waals surface area contributed by atoms with E-state index in [0.29, 0.717) is 55.2 Å². The first-order chi connectivity index (χ1) is 23.7. The van der Waals surface area contributed by atoms with Crippen LogP contribution in [-0.2, 0) is 31.0 Å². The zero-order valence-corrected chi connectivity index (χ0v) is 28.8. The van der Waals surface area contributed by atoms with Gasteiger partial charge in [0.15, 0.2) is 11.5 Å². The van der Waals surface area contributed by atoms with Gasteiger partial charge in [0.2, 0.25) is 5.91 Å². The molecule has 12 heteroatoms. The van der Waals surface area contributed by atoms with Crippen LogP contribution in [0.15, 0.2) is 42.5 Å². The normalized spacial score (nSPS) is 28.2. The van der Waals surface area contributed by atoms with Crippen LogP contribution >= 0.6 is 0 Å². The van der Waals surface area contributed by atoms with Crippen molar-refractivity contribution in [3.05, 3.63) is 59.2 Å². The first kappa shape index (κ1) is 34.4. The third-order valence-corrected chi connectivity index (χ3v) is 11.0. The second-order valence-corrected chi connectivity index (χ2v) is 14.9. The number of hydrogen-bond donors (Lipinski definition) is 0. The van der Waals surface area contributed by atoms with E-state index in [4.69, 9.17) is 14.2 Å². The Morgan fingerprint density at radius 1 is 1.08 bits per heavy atom. The van der Waals surface area contributed by atoms with Gasteiger partial charge in [0.1, 0.15) is 17.5 Å². The van der Waals surface area contributed by atoms with E-state index in [1.807, 2.05) is 19.9 Å². The first-order valence-electron chi connectivity index (χ1n) is 17.5. The molecule has 0 radical (unpaired) electrons. The lowest BCUT2D eigenvalue weighted by Crippen LogP contribution is -2.79. The van der Waals surface area contributed by atoms with Crippen LogP contribution in [0.5, 0.6) is 17.2 Å². The highest BCUT2D eigenvalue weighted by atomic mass is 19.4. The maximum Gasteiger partial charge on any atom is 0.573 e. The van der Waals surface area contributed by atoms with Crippen molar-refractivity contribution in [2.75, 3.05) is 19.6 Å². The van der Waals surface area contributed by atoms with Crippen LogP contribution in [0.25, 0.3) is 6.08 Å². The number of alkyl halides is 3. The number of carbonyl (C=O) groups excluding carboxylic acids is 3. The van der Waals surface area contributed by atoms with Crippen LogP contribution in [-0.4, -0.2) is 77.4 Å². The summed E-state index contributed by atoms with van der Waals surface area (Å²) in [5.41, 5.74) is 0.604. The number of benzene rings is 2. The van der Waals surface area contributed by atoms with Crippen LogP contribution in [0, 0.1) is 11.8 Å². The Hall–Kier alpha value is -4.06. The van der Waals surface area contributed by atoms with Gasteiger partial charge in [0, 0.05) is 38.6 Å². The number of ether oxygens (including phenoxy) is 4. The molecule has 3 aliphatic carbocycles. The number of halogens is 3. The van der Waals surface area contributed by atoms with Crippen molar-refractivity contribution >= 4 is 23.9 Å². The fraction of sp³-hybridized carbons (Fsp3) is 0.553. The lowest BCUT2D eigenvalue weighted by molar-refractivity contribution is -0.274. The predicted octanol–water partition coefficient (Wildman–Crippen LogP) is 6.21. The number of rotatable bonds is 10. The molecule has 2 unspecified atom stereocenters. The van der Waals surface area contributed by atoms with Gasteiger partial charge in [0.25, 0.3) is 0 Å². The number of nitrogens with zero attached hydrogens (tertiary/aromatic N) is 2. The zero-order valence-electron chi connectivity index (χ0n) is 28.8. The monoisotopic (exact) mass is 696 g/mol. The quantitative estimate of drug-likeness (QED) is 0.165. The Kier molecular flexibility index (Phi) is 8.68. The van der Waals surface area contributed by atoms with Gasteiger partial charge >= 0.3 is 18.3 Å². The van der Waals surface area contributed by atoms with Crippen molar-refractivity contribution < 1.29 is 46.5 Å². The van der Waals surface area contributed by atoms with Crippen LogP contribution in [0.2, 0.25) is 0 Å². The Labute approximate surface area is 289 Å². The molecule has 1 spiro atoms. The van der Waals surface area contributed by atoms with Crippen LogP contribution in [0.3, 0.4) is 0 Å². The molecule has 5 aliphatic rings. The molecular formula is C38H43F3N2O7. The van der Waals surface area contributed by atoms with E-state index in [1.54, 1.807) is 17.0 Å². The van der Waals surface area contributed by atoms with Gasteiger partial charge in [-0.1, -0.05) is 32.0 Å².